The van der Waals surface area contributed by atoms with Crippen molar-refractivity contribution in [3.8, 4) is 0 Å². The average molecular weight is 444 g/mol. The fourth-order valence-electron chi connectivity index (χ4n) is 2.28. The summed E-state index contributed by atoms with van der Waals surface area (Å²) >= 11 is 6.05. The highest BCUT2D eigenvalue weighted by molar-refractivity contribution is 14.1. The molecular weight excluding hydrogens is 425 g/mol. The van der Waals surface area contributed by atoms with Gasteiger partial charge in [-0.05, 0) is 71.8 Å². The van der Waals surface area contributed by atoms with Crippen LogP contribution in [0.15, 0.2) is 46.9 Å². The molecule has 2 rings (SSSR count). The highest BCUT2D eigenvalue weighted by atomic mass is 127. The van der Waals surface area contributed by atoms with Crippen molar-refractivity contribution in [2.24, 2.45) is 0 Å². The van der Waals surface area contributed by atoms with Gasteiger partial charge in [0.1, 0.15) is 0 Å². The fraction of sp³-hybridized carbons (Fsp3) is 0.294. The third kappa shape index (κ3) is 4.30. The van der Waals surface area contributed by atoms with Crippen molar-refractivity contribution in [3.05, 3.63) is 67.2 Å². The second-order valence-corrected chi connectivity index (χ2v) is 7.07. The lowest BCUT2D eigenvalue weighted by Gasteiger charge is -2.20. The molecule has 0 saturated carbocycles. The number of hydrogen-bond acceptors (Lipinski definition) is 1. The van der Waals surface area contributed by atoms with Crippen LogP contribution in [0.3, 0.4) is 0 Å². The van der Waals surface area contributed by atoms with Crippen LogP contribution >= 0.6 is 38.5 Å². The summed E-state index contributed by atoms with van der Waals surface area (Å²) in [5.41, 5.74) is 4.01. The van der Waals surface area contributed by atoms with Crippen LogP contribution in [0.25, 0.3) is 0 Å². The molecule has 1 unspecified atom stereocenters. The lowest BCUT2D eigenvalue weighted by atomic mass is 9.98. The van der Waals surface area contributed by atoms with Gasteiger partial charge in [0.05, 0.1) is 0 Å². The van der Waals surface area contributed by atoms with Crippen LogP contribution in [0, 0.1) is 10.5 Å². The predicted octanol–water partition coefficient (Wildman–Crippen LogP) is 5.26. The molecule has 1 N–H and O–H groups in total. The van der Waals surface area contributed by atoms with E-state index in [2.05, 4.69) is 100 Å². The quantitative estimate of drug-likeness (QED) is 0.622. The number of benzene rings is 2. The predicted molar refractivity (Wildman–Crippen MR) is 98.2 cm³/mol. The van der Waals surface area contributed by atoms with E-state index in [1.807, 2.05) is 0 Å². The molecule has 0 aliphatic heterocycles. The normalized spacial score (nSPS) is 12.4. The largest absolute Gasteiger partial charge is 0.310 e. The van der Waals surface area contributed by atoms with Crippen LogP contribution < -0.4 is 5.32 Å². The average Bonchev–Trinajstić information content (AvgIpc) is 2.43. The molecular formula is C17H19BrIN. The van der Waals surface area contributed by atoms with Crippen molar-refractivity contribution in [2.45, 2.75) is 26.3 Å². The van der Waals surface area contributed by atoms with E-state index in [4.69, 9.17) is 0 Å². The second-order valence-electron chi connectivity index (χ2n) is 4.97. The van der Waals surface area contributed by atoms with Gasteiger partial charge in [0.2, 0.25) is 0 Å². The Kier molecular flexibility index (Phi) is 6.05. The summed E-state index contributed by atoms with van der Waals surface area (Å²) in [5, 5.41) is 3.60. The molecule has 0 amide bonds. The molecule has 0 aliphatic rings. The number of aryl methyl sites for hydroxylation is 1. The third-order valence-corrected chi connectivity index (χ3v) is 4.74. The number of hydrogen-bond donors (Lipinski definition) is 1. The second kappa shape index (κ2) is 7.57. The van der Waals surface area contributed by atoms with Crippen LogP contribution in [0.5, 0.6) is 0 Å². The maximum atomic E-state index is 3.68. The summed E-state index contributed by atoms with van der Waals surface area (Å²) in [4.78, 5) is 0. The summed E-state index contributed by atoms with van der Waals surface area (Å²) in [6, 6.07) is 15.7. The molecule has 20 heavy (non-hydrogen) atoms. The molecule has 106 valence electrons. The van der Waals surface area contributed by atoms with E-state index in [9.17, 15) is 0 Å². The smallest absolute Gasteiger partial charge is 0.0372 e. The third-order valence-electron chi connectivity index (χ3n) is 3.34. The highest BCUT2D eigenvalue weighted by Crippen LogP contribution is 2.28. The van der Waals surface area contributed by atoms with E-state index in [1.165, 1.54) is 24.7 Å². The molecule has 0 spiro atoms. The van der Waals surface area contributed by atoms with Crippen molar-refractivity contribution >= 4 is 38.5 Å². The summed E-state index contributed by atoms with van der Waals surface area (Å²) in [6.45, 7) is 5.25. The molecule has 0 fully saturated rings. The minimum absolute atomic E-state index is 0.340. The molecule has 1 nitrogen and oxygen atoms in total. The van der Waals surface area contributed by atoms with E-state index in [0.717, 1.165) is 13.0 Å². The molecule has 0 heterocycles. The van der Waals surface area contributed by atoms with Gasteiger partial charge >= 0.3 is 0 Å². The summed E-state index contributed by atoms with van der Waals surface area (Å²) in [6.07, 6.45) is 1.01. The van der Waals surface area contributed by atoms with Crippen LogP contribution in [0.4, 0.5) is 0 Å². The van der Waals surface area contributed by atoms with Gasteiger partial charge in [0.15, 0.2) is 0 Å². The van der Waals surface area contributed by atoms with Crippen LogP contribution in [-0.2, 0) is 6.42 Å². The number of nitrogens with one attached hydrogen (secondary N) is 1. The maximum absolute atomic E-state index is 3.68. The zero-order chi connectivity index (χ0) is 14.5. The number of rotatable bonds is 5. The van der Waals surface area contributed by atoms with Gasteiger partial charge in [-0.15, -0.1) is 0 Å². The molecule has 2 aromatic rings. The Hall–Kier alpha value is -0.390. The fourth-order valence-corrected chi connectivity index (χ4v) is 3.32. The Labute approximate surface area is 143 Å². The Morgan fingerprint density at radius 3 is 2.50 bits per heavy atom. The highest BCUT2D eigenvalue weighted by Gasteiger charge is 2.14. The summed E-state index contributed by atoms with van der Waals surface area (Å²) in [5.74, 6) is 0. The van der Waals surface area contributed by atoms with Gasteiger partial charge < -0.3 is 5.32 Å². The first kappa shape index (κ1) is 16.0. The van der Waals surface area contributed by atoms with E-state index >= 15 is 0 Å². The lowest BCUT2D eigenvalue weighted by molar-refractivity contribution is 0.547. The van der Waals surface area contributed by atoms with Gasteiger partial charge in [-0.3, -0.25) is 0 Å². The van der Waals surface area contributed by atoms with Gasteiger partial charge in [0, 0.05) is 14.1 Å². The van der Waals surface area contributed by atoms with Crippen molar-refractivity contribution in [1.29, 1.82) is 0 Å². The van der Waals surface area contributed by atoms with Gasteiger partial charge in [-0.25, -0.2) is 0 Å². The lowest BCUT2D eigenvalue weighted by Crippen LogP contribution is -2.23. The Balaban J connectivity index is 2.26. The van der Waals surface area contributed by atoms with Crippen molar-refractivity contribution in [2.75, 3.05) is 6.54 Å². The monoisotopic (exact) mass is 443 g/mol. The zero-order valence-electron chi connectivity index (χ0n) is 11.8. The molecule has 0 aliphatic carbocycles. The van der Waals surface area contributed by atoms with Gasteiger partial charge in [0.25, 0.3) is 0 Å². The van der Waals surface area contributed by atoms with E-state index in [0.29, 0.717) is 6.04 Å². The SMILES string of the molecule is CCNC(Cc1ccc(C)cc1)c1cc(I)ccc1Br. The zero-order valence-corrected chi connectivity index (χ0v) is 15.5. The first-order valence-corrected chi connectivity index (χ1v) is 8.71. The Bertz CT molecular complexity index is 566. The van der Waals surface area contributed by atoms with E-state index in [-0.39, 0.29) is 0 Å². The summed E-state index contributed by atoms with van der Waals surface area (Å²) < 4.78 is 2.45. The standard InChI is InChI=1S/C17H19BrIN/c1-3-20-17(10-13-6-4-12(2)5-7-13)15-11-14(19)8-9-16(15)18/h4-9,11,17,20H,3,10H2,1-2H3. The minimum Gasteiger partial charge on any atom is -0.310 e. The molecule has 0 aromatic heterocycles. The topological polar surface area (TPSA) is 12.0 Å². The van der Waals surface area contributed by atoms with E-state index in [1.54, 1.807) is 0 Å². The van der Waals surface area contributed by atoms with Gasteiger partial charge in [-0.1, -0.05) is 52.7 Å². The molecule has 0 saturated heterocycles. The maximum Gasteiger partial charge on any atom is 0.0372 e. The van der Waals surface area contributed by atoms with Crippen molar-refractivity contribution in [3.63, 3.8) is 0 Å². The van der Waals surface area contributed by atoms with Crippen LogP contribution in [0.1, 0.15) is 29.7 Å². The summed E-state index contributed by atoms with van der Waals surface area (Å²) in [7, 11) is 0. The number of likely N-dealkylation sites (N-methyl/N-ethyl adjacent to an activating group) is 1. The molecule has 3 heteroatoms. The number of halogens is 2. The first-order valence-electron chi connectivity index (χ1n) is 6.84. The van der Waals surface area contributed by atoms with Crippen molar-refractivity contribution in [1.82, 2.24) is 5.32 Å². The van der Waals surface area contributed by atoms with Gasteiger partial charge in [-0.2, -0.15) is 0 Å². The van der Waals surface area contributed by atoms with Crippen LogP contribution in [0.2, 0.25) is 0 Å². The molecule has 0 bridgehead atoms. The first-order chi connectivity index (χ1) is 9.60. The molecule has 0 radical (unpaired) electrons. The van der Waals surface area contributed by atoms with E-state index < -0.39 is 0 Å². The van der Waals surface area contributed by atoms with Crippen molar-refractivity contribution < 1.29 is 0 Å². The minimum atomic E-state index is 0.340. The molecule has 2 aromatic carbocycles. The Morgan fingerprint density at radius 2 is 1.85 bits per heavy atom. The molecule has 1 atom stereocenters. The Morgan fingerprint density at radius 1 is 1.15 bits per heavy atom. The van der Waals surface area contributed by atoms with Crippen LogP contribution in [-0.4, -0.2) is 6.54 Å².